The summed E-state index contributed by atoms with van der Waals surface area (Å²) in [6.07, 6.45) is -4.25. The van der Waals surface area contributed by atoms with E-state index in [9.17, 15) is 22.4 Å². The van der Waals surface area contributed by atoms with Gasteiger partial charge >= 0.3 is 6.18 Å². The molecule has 0 saturated heterocycles. The first-order valence-electron chi connectivity index (χ1n) is 5.64. The maximum Gasteiger partial charge on any atom is 0.434 e. The Hall–Kier alpha value is -1.86. The van der Waals surface area contributed by atoms with E-state index in [4.69, 9.17) is 28.9 Å². The maximum absolute atomic E-state index is 13.8. The van der Waals surface area contributed by atoms with E-state index in [0.29, 0.717) is 6.20 Å². The molecule has 2 N–H and O–H groups in total. The van der Waals surface area contributed by atoms with Crippen LogP contribution in [0, 0.1) is 5.82 Å². The van der Waals surface area contributed by atoms with Gasteiger partial charge in [-0.25, -0.2) is 9.37 Å². The maximum atomic E-state index is 13.8. The van der Waals surface area contributed by atoms with Gasteiger partial charge in [0.1, 0.15) is 5.82 Å². The van der Waals surface area contributed by atoms with Gasteiger partial charge in [0.15, 0.2) is 5.69 Å². The number of aromatic nitrogens is 1. The van der Waals surface area contributed by atoms with Gasteiger partial charge in [0.2, 0.25) is 5.78 Å². The number of anilines is 1. The lowest BCUT2D eigenvalue weighted by atomic mass is 10.0. The highest BCUT2D eigenvalue weighted by atomic mass is 35.5. The van der Waals surface area contributed by atoms with Gasteiger partial charge in [0, 0.05) is 0 Å². The second-order valence-corrected chi connectivity index (χ2v) is 4.96. The fraction of sp³-hybridized carbons (Fsp3) is 0.0769. The standard InChI is InChI=1S/C13H6Cl2F4N2O/c14-5-2-1-3-6(16)8(5)11(22)9-7(20)4-21-12(10(9)15)13(17,18)19/h1-4H,20H2. The molecule has 0 bridgehead atoms. The van der Waals surface area contributed by atoms with Crippen LogP contribution in [0.15, 0.2) is 24.4 Å². The molecule has 0 saturated carbocycles. The van der Waals surface area contributed by atoms with Gasteiger partial charge in [-0.1, -0.05) is 29.3 Å². The zero-order chi connectivity index (χ0) is 16.7. The minimum atomic E-state index is -4.89. The van der Waals surface area contributed by atoms with Crippen molar-refractivity contribution in [3.63, 3.8) is 0 Å². The number of rotatable bonds is 2. The third kappa shape index (κ3) is 2.86. The first-order valence-corrected chi connectivity index (χ1v) is 6.40. The van der Waals surface area contributed by atoms with E-state index in [1.807, 2.05) is 0 Å². The summed E-state index contributed by atoms with van der Waals surface area (Å²) in [5.74, 6) is -2.16. The molecule has 116 valence electrons. The third-order valence-corrected chi connectivity index (χ3v) is 3.42. The first kappa shape index (κ1) is 16.5. The zero-order valence-electron chi connectivity index (χ0n) is 10.5. The van der Waals surface area contributed by atoms with Crippen LogP contribution in [0.2, 0.25) is 10.0 Å². The molecule has 0 aliphatic heterocycles. The van der Waals surface area contributed by atoms with Crippen molar-refractivity contribution >= 4 is 34.7 Å². The van der Waals surface area contributed by atoms with Crippen molar-refractivity contribution in [1.82, 2.24) is 4.98 Å². The molecule has 1 aromatic heterocycles. The van der Waals surface area contributed by atoms with Crippen LogP contribution in [0.1, 0.15) is 21.6 Å². The van der Waals surface area contributed by atoms with Crippen molar-refractivity contribution in [3.05, 3.63) is 57.1 Å². The van der Waals surface area contributed by atoms with E-state index in [1.54, 1.807) is 0 Å². The summed E-state index contributed by atoms with van der Waals surface area (Å²) in [6.45, 7) is 0. The largest absolute Gasteiger partial charge is 0.434 e. The van der Waals surface area contributed by atoms with Crippen LogP contribution < -0.4 is 5.73 Å². The van der Waals surface area contributed by atoms with Gasteiger partial charge < -0.3 is 5.73 Å². The number of carbonyl (C=O) groups excluding carboxylic acids is 1. The number of pyridine rings is 1. The molecule has 2 rings (SSSR count). The Morgan fingerprint density at radius 2 is 1.82 bits per heavy atom. The van der Waals surface area contributed by atoms with E-state index in [-0.39, 0.29) is 5.02 Å². The Morgan fingerprint density at radius 1 is 1.18 bits per heavy atom. The summed E-state index contributed by atoms with van der Waals surface area (Å²) < 4.78 is 52.1. The van der Waals surface area contributed by atoms with Crippen molar-refractivity contribution in [3.8, 4) is 0 Å². The van der Waals surface area contributed by atoms with Crippen LogP contribution in [0.25, 0.3) is 0 Å². The number of hydrogen-bond donors (Lipinski definition) is 1. The van der Waals surface area contributed by atoms with Crippen molar-refractivity contribution < 1.29 is 22.4 Å². The third-order valence-electron chi connectivity index (χ3n) is 2.73. The lowest BCUT2D eigenvalue weighted by molar-refractivity contribution is -0.141. The van der Waals surface area contributed by atoms with E-state index < -0.39 is 45.3 Å². The molecule has 0 radical (unpaired) electrons. The van der Waals surface area contributed by atoms with Gasteiger partial charge in [-0.15, -0.1) is 0 Å². The SMILES string of the molecule is Nc1cnc(C(F)(F)F)c(Cl)c1C(=O)c1c(F)cccc1Cl. The fourth-order valence-corrected chi connectivity index (χ4v) is 2.37. The summed E-state index contributed by atoms with van der Waals surface area (Å²) in [6, 6.07) is 3.40. The number of alkyl halides is 3. The number of nitrogens with two attached hydrogens (primary N) is 1. The number of ketones is 1. The molecule has 0 aliphatic rings. The van der Waals surface area contributed by atoms with Gasteiger partial charge in [-0.05, 0) is 12.1 Å². The Labute approximate surface area is 131 Å². The molecule has 9 heteroatoms. The molecule has 0 atom stereocenters. The van der Waals surface area contributed by atoms with Crippen molar-refractivity contribution in [2.24, 2.45) is 0 Å². The molecule has 2 aromatic rings. The molecular weight excluding hydrogens is 347 g/mol. The molecule has 0 fully saturated rings. The van der Waals surface area contributed by atoms with E-state index in [2.05, 4.69) is 4.98 Å². The van der Waals surface area contributed by atoms with E-state index in [0.717, 1.165) is 6.07 Å². The number of benzene rings is 1. The van der Waals surface area contributed by atoms with Crippen LogP contribution in [0.5, 0.6) is 0 Å². The predicted molar refractivity (Wildman–Crippen MR) is 73.5 cm³/mol. The molecule has 0 spiro atoms. The molecule has 1 aromatic carbocycles. The molecule has 0 amide bonds. The van der Waals surface area contributed by atoms with Gasteiger partial charge in [0.25, 0.3) is 0 Å². The molecule has 3 nitrogen and oxygen atoms in total. The normalized spacial score (nSPS) is 11.5. The smallest absolute Gasteiger partial charge is 0.397 e. The summed E-state index contributed by atoms with van der Waals surface area (Å²) in [4.78, 5) is 15.4. The minimum Gasteiger partial charge on any atom is -0.397 e. The molecule has 22 heavy (non-hydrogen) atoms. The molecular formula is C13H6Cl2F4N2O. The van der Waals surface area contributed by atoms with Crippen LogP contribution in [-0.4, -0.2) is 10.8 Å². The lowest BCUT2D eigenvalue weighted by Gasteiger charge is -2.13. The predicted octanol–water partition coefficient (Wildman–Crippen LogP) is 4.36. The topological polar surface area (TPSA) is 56.0 Å². The Morgan fingerprint density at radius 3 is 2.36 bits per heavy atom. The van der Waals surface area contributed by atoms with Gasteiger partial charge in [0.05, 0.1) is 33.1 Å². The highest BCUT2D eigenvalue weighted by Crippen LogP contribution is 2.38. The Kier molecular flexibility index (Phi) is 4.30. The minimum absolute atomic E-state index is 0.272. The van der Waals surface area contributed by atoms with Gasteiger partial charge in [-0.2, -0.15) is 13.2 Å². The molecule has 0 unspecified atom stereocenters. The monoisotopic (exact) mass is 352 g/mol. The Balaban J connectivity index is 2.70. The first-order chi connectivity index (χ1) is 10.1. The van der Waals surface area contributed by atoms with Crippen molar-refractivity contribution in [1.29, 1.82) is 0 Å². The Bertz CT molecular complexity index is 742. The van der Waals surface area contributed by atoms with Crippen molar-refractivity contribution in [2.45, 2.75) is 6.18 Å². The summed E-state index contributed by atoms with van der Waals surface area (Å²) in [5.41, 5.74) is 2.26. The number of carbonyl (C=O) groups is 1. The second kappa shape index (κ2) is 5.73. The lowest BCUT2D eigenvalue weighted by Crippen LogP contribution is -2.15. The highest BCUT2D eigenvalue weighted by Gasteiger charge is 2.38. The van der Waals surface area contributed by atoms with Crippen LogP contribution in [0.4, 0.5) is 23.2 Å². The van der Waals surface area contributed by atoms with E-state index in [1.165, 1.54) is 12.1 Å². The number of nitrogen functional groups attached to an aromatic ring is 1. The van der Waals surface area contributed by atoms with E-state index >= 15 is 0 Å². The molecule has 0 aliphatic carbocycles. The highest BCUT2D eigenvalue weighted by molar-refractivity contribution is 6.39. The average molecular weight is 353 g/mol. The number of hydrogen-bond acceptors (Lipinski definition) is 3. The fourth-order valence-electron chi connectivity index (χ4n) is 1.77. The zero-order valence-corrected chi connectivity index (χ0v) is 12.0. The quantitative estimate of drug-likeness (QED) is 0.645. The second-order valence-electron chi connectivity index (χ2n) is 4.17. The van der Waals surface area contributed by atoms with Crippen LogP contribution in [0.3, 0.4) is 0 Å². The molecule has 1 heterocycles. The average Bonchev–Trinajstić information content (AvgIpc) is 2.36. The summed E-state index contributed by atoms with van der Waals surface area (Å²) in [7, 11) is 0. The van der Waals surface area contributed by atoms with Crippen LogP contribution >= 0.6 is 23.2 Å². The number of nitrogens with zero attached hydrogens (tertiary/aromatic N) is 1. The number of halogens is 6. The van der Waals surface area contributed by atoms with Gasteiger partial charge in [-0.3, -0.25) is 4.79 Å². The van der Waals surface area contributed by atoms with Crippen LogP contribution in [-0.2, 0) is 6.18 Å². The van der Waals surface area contributed by atoms with Crippen molar-refractivity contribution in [2.75, 3.05) is 5.73 Å². The summed E-state index contributed by atoms with van der Waals surface area (Å²) >= 11 is 11.3. The summed E-state index contributed by atoms with van der Waals surface area (Å²) in [5, 5.41) is -1.28.